The molecule has 1 aliphatic rings. The Balaban J connectivity index is 1.90. The quantitative estimate of drug-likeness (QED) is 0.307. The van der Waals surface area contributed by atoms with E-state index in [9.17, 15) is 29.3 Å². The number of benzene rings is 1. The minimum absolute atomic E-state index is 0.0346. The molecule has 0 aromatic heterocycles. The van der Waals surface area contributed by atoms with Gasteiger partial charge in [0, 0.05) is 61.9 Å². The maximum absolute atomic E-state index is 12.7. The van der Waals surface area contributed by atoms with E-state index in [-0.39, 0.29) is 41.0 Å². The molecule has 2 atom stereocenters. The van der Waals surface area contributed by atoms with Crippen molar-refractivity contribution in [3.05, 3.63) is 39.9 Å². The summed E-state index contributed by atoms with van der Waals surface area (Å²) in [6.45, 7) is 1.80. The summed E-state index contributed by atoms with van der Waals surface area (Å²) in [5.74, 6) is 0.601. The van der Waals surface area contributed by atoms with Gasteiger partial charge in [-0.1, -0.05) is 11.8 Å². The summed E-state index contributed by atoms with van der Waals surface area (Å²) in [4.78, 5) is 59.8. The molecule has 2 unspecified atom stereocenters. The Morgan fingerprint density at radius 2 is 1.94 bits per heavy atom. The van der Waals surface area contributed by atoms with Gasteiger partial charge in [-0.05, 0) is 24.1 Å². The number of nitrogens with two attached hydrogens (primary N) is 1. The number of carbonyl (C=O) groups excluding carboxylic acids is 4. The monoisotopic (exact) mass is 498 g/mol. The molecule has 1 saturated heterocycles. The molecule has 180 valence electrons. The number of thioether (sulfide) groups is 2. The van der Waals surface area contributed by atoms with E-state index in [1.54, 1.807) is 4.90 Å². The Morgan fingerprint density at radius 1 is 1.27 bits per heavy atom. The third-order valence-corrected chi connectivity index (χ3v) is 7.05. The van der Waals surface area contributed by atoms with Crippen LogP contribution in [0.4, 0.5) is 15.3 Å². The lowest BCUT2D eigenvalue weighted by Crippen LogP contribution is -2.38. The van der Waals surface area contributed by atoms with Crippen molar-refractivity contribution in [2.45, 2.75) is 37.7 Å². The summed E-state index contributed by atoms with van der Waals surface area (Å²) in [5, 5.41) is 10.7. The number of rotatable bonds is 9. The molecule has 2 rings (SSSR count). The first-order valence-electron chi connectivity index (χ1n) is 10.1. The Bertz CT molecular complexity index is 897. The molecule has 0 bridgehead atoms. The fourth-order valence-electron chi connectivity index (χ4n) is 3.19. The van der Waals surface area contributed by atoms with Gasteiger partial charge in [0.15, 0.2) is 5.12 Å². The second-order valence-corrected chi connectivity index (χ2v) is 9.99. The zero-order valence-corrected chi connectivity index (χ0v) is 19.9. The number of non-ortho nitro benzene ring substituents is 1. The zero-order chi connectivity index (χ0) is 24.5. The van der Waals surface area contributed by atoms with Gasteiger partial charge in [0.25, 0.3) is 5.69 Å². The number of hydrogen-bond donors (Lipinski definition) is 1. The standard InChI is InChI=1S/C20H26N4O7S2/c1-13(25)33-17-9-16(12-32-8-7-18(26)22(2)19(21)27)23(10-17)20(28)31-11-14-3-5-15(6-4-14)24(29)30/h3-6,16-17H,7-12H2,1-2H3,(H2,21,27). The Hall–Kier alpha value is -2.80. The number of nitro groups is 1. The molecule has 0 aliphatic carbocycles. The summed E-state index contributed by atoms with van der Waals surface area (Å²) in [7, 11) is 1.32. The summed E-state index contributed by atoms with van der Waals surface area (Å²) < 4.78 is 5.40. The molecule has 2 N–H and O–H groups in total. The fraction of sp³-hybridized carbons (Fsp3) is 0.500. The van der Waals surface area contributed by atoms with Gasteiger partial charge in [0.05, 0.1) is 4.92 Å². The number of urea groups is 1. The highest BCUT2D eigenvalue weighted by atomic mass is 32.2. The molecule has 33 heavy (non-hydrogen) atoms. The van der Waals surface area contributed by atoms with Crippen LogP contribution in [0.25, 0.3) is 0 Å². The van der Waals surface area contributed by atoms with Gasteiger partial charge >= 0.3 is 12.1 Å². The summed E-state index contributed by atoms with van der Waals surface area (Å²) in [6.07, 6.45) is 0.210. The average Bonchev–Trinajstić information content (AvgIpc) is 3.16. The van der Waals surface area contributed by atoms with E-state index in [0.717, 1.165) is 4.90 Å². The van der Waals surface area contributed by atoms with E-state index in [1.807, 2.05) is 0 Å². The number of ether oxygens (including phenoxy) is 1. The summed E-state index contributed by atoms with van der Waals surface area (Å²) in [5.41, 5.74) is 5.65. The molecule has 11 nitrogen and oxygen atoms in total. The molecule has 4 amide bonds. The van der Waals surface area contributed by atoms with E-state index in [4.69, 9.17) is 10.5 Å². The largest absolute Gasteiger partial charge is 0.445 e. The lowest BCUT2D eigenvalue weighted by molar-refractivity contribution is -0.384. The van der Waals surface area contributed by atoms with Crippen LogP contribution in [0.1, 0.15) is 25.3 Å². The van der Waals surface area contributed by atoms with Crippen LogP contribution in [-0.4, -0.2) is 74.3 Å². The van der Waals surface area contributed by atoms with Gasteiger partial charge in [0.1, 0.15) is 6.61 Å². The van der Waals surface area contributed by atoms with Crippen molar-refractivity contribution in [2.24, 2.45) is 5.73 Å². The lowest BCUT2D eigenvalue weighted by atomic mass is 10.2. The highest BCUT2D eigenvalue weighted by Crippen LogP contribution is 2.31. The molecular weight excluding hydrogens is 472 g/mol. The van der Waals surface area contributed by atoms with Gasteiger partial charge in [-0.3, -0.25) is 24.6 Å². The van der Waals surface area contributed by atoms with Gasteiger partial charge in [-0.15, -0.1) is 0 Å². The molecule has 1 aromatic rings. The number of hydrogen-bond acceptors (Lipinski definition) is 9. The predicted octanol–water partition coefficient (Wildman–Crippen LogP) is 2.61. The van der Waals surface area contributed by atoms with Crippen molar-refractivity contribution in [1.82, 2.24) is 9.80 Å². The van der Waals surface area contributed by atoms with E-state index in [2.05, 4.69) is 0 Å². The first kappa shape index (κ1) is 26.5. The van der Waals surface area contributed by atoms with Crippen LogP contribution >= 0.6 is 23.5 Å². The molecule has 1 aromatic carbocycles. The van der Waals surface area contributed by atoms with Gasteiger partial charge in [-0.2, -0.15) is 11.8 Å². The second kappa shape index (κ2) is 12.4. The molecule has 13 heteroatoms. The lowest BCUT2D eigenvalue weighted by Gasteiger charge is -2.23. The highest BCUT2D eigenvalue weighted by Gasteiger charge is 2.37. The Labute approximate surface area is 199 Å². The molecule has 0 spiro atoms. The predicted molar refractivity (Wildman–Crippen MR) is 125 cm³/mol. The second-order valence-electron chi connectivity index (χ2n) is 7.37. The number of likely N-dealkylation sites (tertiary alicyclic amines) is 1. The van der Waals surface area contributed by atoms with Gasteiger partial charge in [0.2, 0.25) is 5.91 Å². The van der Waals surface area contributed by atoms with Crippen LogP contribution in [0.2, 0.25) is 0 Å². The minimum atomic E-state index is -0.813. The van der Waals surface area contributed by atoms with Crippen LogP contribution in [0, 0.1) is 10.1 Å². The van der Waals surface area contributed by atoms with Crippen LogP contribution < -0.4 is 5.73 Å². The average molecular weight is 499 g/mol. The van der Waals surface area contributed by atoms with E-state index in [0.29, 0.717) is 30.0 Å². The van der Waals surface area contributed by atoms with E-state index in [1.165, 1.54) is 61.8 Å². The molecule has 1 fully saturated rings. The number of primary amides is 1. The number of carbonyl (C=O) groups is 4. The van der Waals surface area contributed by atoms with Crippen molar-refractivity contribution in [2.75, 3.05) is 25.1 Å². The normalized spacial score (nSPS) is 17.5. The topological polar surface area (TPSA) is 153 Å². The number of nitrogens with zero attached hydrogens (tertiary/aromatic N) is 3. The third kappa shape index (κ3) is 8.24. The fourth-order valence-corrected chi connectivity index (χ4v) is 5.28. The molecule has 1 aliphatic heterocycles. The van der Waals surface area contributed by atoms with Crippen LogP contribution in [0.3, 0.4) is 0 Å². The number of amides is 4. The summed E-state index contributed by atoms with van der Waals surface area (Å²) in [6, 6.07) is 4.74. The van der Waals surface area contributed by atoms with Crippen molar-refractivity contribution in [3.8, 4) is 0 Å². The number of imide groups is 1. The van der Waals surface area contributed by atoms with Crippen molar-refractivity contribution in [1.29, 1.82) is 0 Å². The van der Waals surface area contributed by atoms with Crippen LogP contribution in [-0.2, 0) is 20.9 Å². The van der Waals surface area contributed by atoms with E-state index < -0.39 is 17.0 Å². The molecule has 0 saturated carbocycles. The molecule has 1 heterocycles. The SMILES string of the molecule is CC(=O)SC1CC(CSCCC(=O)N(C)C(N)=O)N(C(=O)OCc2ccc([N+](=O)[O-])cc2)C1. The highest BCUT2D eigenvalue weighted by molar-refractivity contribution is 8.14. The smallest absolute Gasteiger partial charge is 0.410 e. The van der Waals surface area contributed by atoms with Gasteiger partial charge < -0.3 is 15.4 Å². The molecule has 0 radical (unpaired) electrons. The molecular formula is C20H26N4O7S2. The van der Waals surface area contributed by atoms with Crippen LogP contribution in [0.5, 0.6) is 0 Å². The minimum Gasteiger partial charge on any atom is -0.445 e. The van der Waals surface area contributed by atoms with Crippen molar-refractivity contribution < 1.29 is 28.8 Å². The van der Waals surface area contributed by atoms with Crippen molar-refractivity contribution in [3.63, 3.8) is 0 Å². The Kier molecular flexibility index (Phi) is 9.97. The Morgan fingerprint density at radius 3 is 2.52 bits per heavy atom. The maximum Gasteiger partial charge on any atom is 0.410 e. The zero-order valence-electron chi connectivity index (χ0n) is 18.3. The van der Waals surface area contributed by atoms with Crippen LogP contribution in [0.15, 0.2) is 24.3 Å². The van der Waals surface area contributed by atoms with E-state index >= 15 is 0 Å². The van der Waals surface area contributed by atoms with Crippen molar-refractivity contribution >= 4 is 52.4 Å². The summed E-state index contributed by atoms with van der Waals surface area (Å²) >= 11 is 2.65. The number of nitro benzene ring substituents is 1. The first-order chi connectivity index (χ1) is 15.6. The third-order valence-electron chi connectivity index (χ3n) is 4.93. The van der Waals surface area contributed by atoms with Gasteiger partial charge in [-0.25, -0.2) is 9.59 Å². The first-order valence-corrected chi connectivity index (χ1v) is 12.1. The maximum atomic E-state index is 12.7.